The zero-order valence-electron chi connectivity index (χ0n) is 26.4. The van der Waals surface area contributed by atoms with Crippen molar-refractivity contribution in [2.45, 2.75) is 75.5 Å². The molecule has 22 N–H and O–H groups in total. The van der Waals surface area contributed by atoms with Crippen molar-refractivity contribution in [3.05, 3.63) is 0 Å². The molecule has 0 aromatic heterocycles. The smallest absolute Gasteiger partial charge is 0.243 e. The Kier molecular flexibility index (Phi) is 20.7. The van der Waals surface area contributed by atoms with Crippen LogP contribution in [0.25, 0.3) is 0 Å². The van der Waals surface area contributed by atoms with Crippen LogP contribution in [-0.4, -0.2) is 105 Å². The summed E-state index contributed by atoms with van der Waals surface area (Å²) in [5.74, 6) is -3.02. The van der Waals surface area contributed by atoms with Crippen LogP contribution in [0.3, 0.4) is 0 Å². The largest absolute Gasteiger partial charge is 0.370 e. The maximum Gasteiger partial charge on any atom is 0.243 e. The fraction of sp³-hybridized carbons (Fsp3) is 0.680. The third kappa shape index (κ3) is 20.0. The maximum absolute atomic E-state index is 13.5. The Morgan fingerprint density at radius 3 is 1.00 bits per heavy atom. The van der Waals surface area contributed by atoms with Crippen LogP contribution in [0.5, 0.6) is 0 Å². The number of aliphatic imine (C=N–C) groups is 4. The number of amides is 4. The summed E-state index contributed by atoms with van der Waals surface area (Å²) in [7, 11) is 1.60. The molecule has 21 nitrogen and oxygen atoms in total. The first kappa shape index (κ1) is 40.9. The van der Waals surface area contributed by atoms with Gasteiger partial charge in [0, 0.05) is 26.2 Å². The molecule has 46 heavy (non-hydrogen) atoms. The molecule has 4 unspecified atom stereocenters. The van der Waals surface area contributed by atoms with Crippen molar-refractivity contribution in [1.29, 1.82) is 0 Å². The minimum Gasteiger partial charge on any atom is -0.370 e. The fourth-order valence-corrected chi connectivity index (χ4v) is 4.06. The lowest BCUT2D eigenvalue weighted by Gasteiger charge is -2.26. The highest BCUT2D eigenvalue weighted by Crippen LogP contribution is 2.07. The van der Waals surface area contributed by atoms with Gasteiger partial charge in [0.1, 0.15) is 18.1 Å². The summed E-state index contributed by atoms with van der Waals surface area (Å²) >= 11 is 0. The van der Waals surface area contributed by atoms with Gasteiger partial charge in [0.15, 0.2) is 23.8 Å². The van der Waals surface area contributed by atoms with E-state index >= 15 is 0 Å². The van der Waals surface area contributed by atoms with Crippen molar-refractivity contribution in [2.75, 3.05) is 33.2 Å². The number of nitrogens with zero attached hydrogens (tertiary/aromatic N) is 4. The average molecular weight is 656 g/mol. The molecule has 0 aromatic carbocycles. The number of likely N-dealkylation sites (N-methyl/N-ethyl adjacent to an activating group) is 1. The first-order chi connectivity index (χ1) is 21.7. The highest BCUT2D eigenvalue weighted by Gasteiger charge is 2.30. The molecular formula is C25H53N17O4. The number of hydrogen-bond acceptors (Lipinski definition) is 9. The second-order valence-corrected chi connectivity index (χ2v) is 10.2. The molecule has 4 atom stereocenters. The number of nitrogens with one attached hydrogen (secondary N) is 4. The van der Waals surface area contributed by atoms with E-state index in [4.69, 9.17) is 51.6 Å². The quantitative estimate of drug-likeness (QED) is 0.0262. The Hall–Kier alpha value is -5.08. The van der Waals surface area contributed by atoms with Crippen LogP contribution in [0, 0.1) is 0 Å². The highest BCUT2D eigenvalue weighted by molar-refractivity contribution is 5.94. The van der Waals surface area contributed by atoms with E-state index in [0.717, 1.165) is 0 Å². The molecule has 0 saturated heterocycles. The lowest BCUT2D eigenvalue weighted by molar-refractivity contribution is -0.134. The molecule has 21 heteroatoms. The van der Waals surface area contributed by atoms with Gasteiger partial charge in [0.2, 0.25) is 23.6 Å². The van der Waals surface area contributed by atoms with Gasteiger partial charge in [0.05, 0.1) is 6.04 Å². The molecule has 0 aromatic rings. The minimum atomic E-state index is -1.14. The number of carbonyl (C=O) groups is 4. The monoisotopic (exact) mass is 655 g/mol. The van der Waals surface area contributed by atoms with Crippen LogP contribution in [0.1, 0.15) is 51.4 Å². The molecular weight excluding hydrogens is 602 g/mol. The Morgan fingerprint density at radius 2 is 0.717 bits per heavy atom. The molecule has 0 aliphatic heterocycles. The van der Waals surface area contributed by atoms with Gasteiger partial charge in [-0.1, -0.05) is 0 Å². The Bertz CT molecular complexity index is 1080. The number of carbonyl (C=O) groups excluding carboxylic acids is 4. The van der Waals surface area contributed by atoms with Crippen LogP contribution in [0.2, 0.25) is 0 Å². The van der Waals surface area contributed by atoms with Crippen LogP contribution >= 0.6 is 0 Å². The molecule has 0 fully saturated rings. The molecule has 0 spiro atoms. The van der Waals surface area contributed by atoms with Crippen LogP contribution in [-0.2, 0) is 19.2 Å². The van der Waals surface area contributed by atoms with E-state index in [9.17, 15) is 19.2 Å². The van der Waals surface area contributed by atoms with Crippen LogP contribution < -0.4 is 72.9 Å². The predicted molar refractivity (Wildman–Crippen MR) is 177 cm³/mol. The van der Waals surface area contributed by atoms with Crippen LogP contribution in [0.4, 0.5) is 0 Å². The van der Waals surface area contributed by atoms with E-state index in [1.165, 1.54) is 0 Å². The zero-order valence-corrected chi connectivity index (χ0v) is 26.4. The van der Waals surface area contributed by atoms with E-state index in [1.54, 1.807) is 7.05 Å². The van der Waals surface area contributed by atoms with Gasteiger partial charge in [0.25, 0.3) is 0 Å². The van der Waals surface area contributed by atoms with Crippen LogP contribution in [0.15, 0.2) is 20.0 Å². The molecule has 4 amide bonds. The highest BCUT2D eigenvalue weighted by atomic mass is 16.2. The lowest BCUT2D eigenvalue weighted by atomic mass is 10.0. The number of guanidine groups is 4. The van der Waals surface area contributed by atoms with Crippen molar-refractivity contribution >= 4 is 47.5 Å². The molecule has 0 rings (SSSR count). The first-order valence-corrected chi connectivity index (χ1v) is 14.8. The summed E-state index contributed by atoms with van der Waals surface area (Å²) in [5, 5.41) is 10.9. The average Bonchev–Trinajstić information content (AvgIpc) is 2.96. The number of primary amides is 1. The first-order valence-electron chi connectivity index (χ1n) is 14.8. The number of hydrogen-bond donors (Lipinski definition) is 13. The summed E-state index contributed by atoms with van der Waals surface area (Å²) in [6.07, 6.45) is 2.19. The molecule has 0 aliphatic carbocycles. The van der Waals surface area contributed by atoms with E-state index in [-0.39, 0.29) is 62.7 Å². The molecule has 262 valence electrons. The normalized spacial score (nSPS) is 13.1. The van der Waals surface area contributed by atoms with E-state index in [0.29, 0.717) is 38.6 Å². The lowest BCUT2D eigenvalue weighted by Crippen LogP contribution is -2.57. The third-order valence-corrected chi connectivity index (χ3v) is 6.37. The predicted octanol–water partition coefficient (Wildman–Crippen LogP) is -6.27. The Balaban J connectivity index is 5.89. The standard InChI is InChI=1S/C25H53N17O4/c1-35-15(7-3-11-37-23(29)30)19(44)41-17(9-5-13-39-25(33)34)21(46)42-16(8-4-12-38-24(31)32)20(45)40-14(18(26)43)6-2-10-36-22(27)28/h14-17,35H,2-13H2,1H3,(H2,26,43)(H,40,45)(H,41,44)(H,42,46)(H4,27,28,36)(H4,29,30,37)(H4,31,32,38)(H4,33,34,39). The topological polar surface area (TPSA) is 400 Å². The second kappa shape index (κ2) is 23.3. The summed E-state index contributed by atoms with van der Waals surface area (Å²) in [4.78, 5) is 67.7. The molecule has 0 saturated carbocycles. The summed E-state index contributed by atoms with van der Waals surface area (Å²) < 4.78 is 0. The SMILES string of the molecule is CNC(CCCN=C(N)N)C(=O)NC(CCCN=C(N)N)C(=O)NC(CCCN=C(N)N)C(=O)NC(CCCN=C(N)N)C(N)=O. The molecule has 0 radical (unpaired) electrons. The van der Waals surface area contributed by atoms with Crippen molar-refractivity contribution < 1.29 is 19.2 Å². The van der Waals surface area contributed by atoms with Crippen molar-refractivity contribution in [3.63, 3.8) is 0 Å². The molecule has 0 bridgehead atoms. The van der Waals surface area contributed by atoms with Gasteiger partial charge in [-0.15, -0.1) is 0 Å². The van der Waals surface area contributed by atoms with Gasteiger partial charge in [-0.2, -0.15) is 0 Å². The van der Waals surface area contributed by atoms with E-state index in [2.05, 4.69) is 41.2 Å². The van der Waals surface area contributed by atoms with Crippen molar-refractivity contribution in [1.82, 2.24) is 21.3 Å². The third-order valence-electron chi connectivity index (χ3n) is 6.37. The summed E-state index contributed by atoms with van der Waals surface area (Å²) in [6.45, 7) is 0.887. The number of nitrogens with two attached hydrogens (primary N) is 9. The van der Waals surface area contributed by atoms with E-state index in [1.807, 2.05) is 0 Å². The van der Waals surface area contributed by atoms with E-state index < -0.39 is 47.8 Å². The van der Waals surface area contributed by atoms with Gasteiger partial charge >= 0.3 is 0 Å². The van der Waals surface area contributed by atoms with Crippen molar-refractivity contribution in [2.24, 2.45) is 71.6 Å². The minimum absolute atomic E-state index is 0.0621. The zero-order chi connectivity index (χ0) is 35.1. The van der Waals surface area contributed by atoms with Crippen molar-refractivity contribution in [3.8, 4) is 0 Å². The van der Waals surface area contributed by atoms with Gasteiger partial charge in [-0.25, -0.2) is 0 Å². The van der Waals surface area contributed by atoms with Gasteiger partial charge in [-0.3, -0.25) is 39.1 Å². The second-order valence-electron chi connectivity index (χ2n) is 10.2. The summed E-state index contributed by atoms with van der Waals surface area (Å²) in [6, 6.07) is -3.95. The Morgan fingerprint density at radius 1 is 0.457 bits per heavy atom. The molecule has 0 heterocycles. The van der Waals surface area contributed by atoms with Gasteiger partial charge in [-0.05, 0) is 58.4 Å². The Labute approximate surface area is 268 Å². The summed E-state index contributed by atoms with van der Waals surface area (Å²) in [5.41, 5.74) is 48.4. The number of rotatable bonds is 24. The maximum atomic E-state index is 13.5. The van der Waals surface area contributed by atoms with Gasteiger partial charge < -0.3 is 72.9 Å². The fourth-order valence-electron chi connectivity index (χ4n) is 4.06. The molecule has 0 aliphatic rings.